The van der Waals surface area contributed by atoms with Crippen LogP contribution in [0.15, 0.2) is 29.2 Å². The number of benzene rings is 1. The average Bonchev–Trinajstić information content (AvgIpc) is 2.72. The van der Waals surface area contributed by atoms with Crippen LogP contribution in [0.5, 0.6) is 0 Å². The van der Waals surface area contributed by atoms with Gasteiger partial charge in [-0.05, 0) is 52.7 Å². The molecule has 0 saturated heterocycles. The van der Waals surface area contributed by atoms with E-state index in [1.165, 1.54) is 51.4 Å². The Morgan fingerprint density at radius 2 is 1.15 bits per heavy atom. The second kappa shape index (κ2) is 16.3. The Morgan fingerprint density at radius 3 is 1.61 bits per heavy atom. The molecule has 1 aromatic rings. The van der Waals surface area contributed by atoms with Gasteiger partial charge in [0.25, 0.3) is 10.1 Å². The van der Waals surface area contributed by atoms with E-state index < -0.39 is 10.1 Å². The lowest BCUT2D eigenvalue weighted by Gasteiger charge is -2.19. The first-order chi connectivity index (χ1) is 15.6. The maximum absolute atomic E-state index is 12.1. The van der Waals surface area contributed by atoms with E-state index in [2.05, 4.69) is 0 Å². The Morgan fingerprint density at radius 1 is 0.727 bits per heavy atom. The van der Waals surface area contributed by atoms with Crippen molar-refractivity contribution in [1.29, 1.82) is 0 Å². The van der Waals surface area contributed by atoms with E-state index in [0.29, 0.717) is 6.42 Å². The summed E-state index contributed by atoms with van der Waals surface area (Å²) < 4.78 is 34.7. The molecule has 0 saturated carbocycles. The summed E-state index contributed by atoms with van der Waals surface area (Å²) in [5.41, 5.74) is 0.650. The van der Waals surface area contributed by atoms with E-state index >= 15 is 0 Å². The van der Waals surface area contributed by atoms with Gasteiger partial charge in [0.15, 0.2) is 0 Å². The number of carbonyl (C=O) groups is 1. The van der Waals surface area contributed by atoms with Crippen LogP contribution in [0.25, 0.3) is 0 Å². The molecule has 5 nitrogen and oxygen atoms in total. The number of rotatable bonds is 18. The monoisotopic (exact) mass is 482 g/mol. The van der Waals surface area contributed by atoms with Crippen molar-refractivity contribution in [3.8, 4) is 0 Å². The lowest BCUT2D eigenvalue weighted by atomic mass is 10.0. The lowest BCUT2D eigenvalue weighted by Crippen LogP contribution is -2.23. The Bertz CT molecular complexity index is 748. The molecule has 0 amide bonds. The van der Waals surface area contributed by atoms with E-state index in [1.807, 2.05) is 27.7 Å². The van der Waals surface area contributed by atoms with Crippen molar-refractivity contribution in [1.82, 2.24) is 0 Å². The summed E-state index contributed by atoms with van der Waals surface area (Å²) in [6.07, 6.45) is 15.5. The van der Waals surface area contributed by atoms with Gasteiger partial charge < -0.3 is 4.74 Å². The quantitative estimate of drug-likeness (QED) is 0.123. The maximum atomic E-state index is 12.1. The fraction of sp³-hybridized carbons (Fsp3) is 0.741. The van der Waals surface area contributed by atoms with Crippen molar-refractivity contribution in [2.24, 2.45) is 0 Å². The number of unbranched alkanes of at least 4 members (excludes halogenated alkanes) is 12. The highest BCUT2D eigenvalue weighted by atomic mass is 32.2. The van der Waals surface area contributed by atoms with Crippen molar-refractivity contribution in [3.63, 3.8) is 0 Å². The minimum Gasteiger partial charge on any atom is -0.460 e. The Hall–Kier alpha value is -1.40. The topological polar surface area (TPSA) is 69.7 Å². The minimum atomic E-state index is -3.63. The van der Waals surface area contributed by atoms with E-state index in [1.54, 1.807) is 24.3 Å². The highest BCUT2D eigenvalue weighted by Gasteiger charge is 2.15. The molecule has 0 aromatic heterocycles. The van der Waals surface area contributed by atoms with Crippen molar-refractivity contribution in [3.05, 3.63) is 29.8 Å². The molecule has 1 rings (SSSR count). The average molecular weight is 483 g/mol. The van der Waals surface area contributed by atoms with Crippen LogP contribution in [0.3, 0.4) is 0 Å². The number of hydrogen-bond acceptors (Lipinski definition) is 5. The molecule has 0 bridgehead atoms. The molecule has 0 aliphatic heterocycles. The Labute approximate surface area is 202 Å². The van der Waals surface area contributed by atoms with Crippen molar-refractivity contribution in [2.45, 2.75) is 128 Å². The van der Waals surface area contributed by atoms with Crippen molar-refractivity contribution < 1.29 is 22.1 Å². The lowest BCUT2D eigenvalue weighted by molar-refractivity contribution is -0.154. The molecule has 0 aliphatic carbocycles. The van der Waals surface area contributed by atoms with Crippen LogP contribution in [0, 0.1) is 6.92 Å². The summed E-state index contributed by atoms with van der Waals surface area (Å²) in [5.74, 6) is -0.0812. The summed E-state index contributed by atoms with van der Waals surface area (Å²) in [6, 6.07) is 6.76. The molecule has 0 fully saturated rings. The summed E-state index contributed by atoms with van der Waals surface area (Å²) in [5, 5.41) is 0. The molecule has 33 heavy (non-hydrogen) atoms. The van der Waals surface area contributed by atoms with Crippen LogP contribution < -0.4 is 0 Å². The molecule has 6 heteroatoms. The number of carbonyl (C=O) groups excluding carboxylic acids is 1. The van der Waals surface area contributed by atoms with E-state index in [-0.39, 0.29) is 23.1 Å². The molecular formula is C27H46O5S. The molecule has 1 aromatic carbocycles. The molecule has 0 radical (unpaired) electrons. The first kappa shape index (κ1) is 29.6. The zero-order chi connectivity index (χ0) is 24.6. The number of hydrogen-bond donors (Lipinski definition) is 0. The standard InChI is InChI=1S/C27H46O5S/c1-24-19-21-25(22-20-24)33(29,30)31-23-17-15-13-11-9-7-5-6-8-10-12-14-16-18-26(28)32-27(2,3)4/h19-22H,5-18,23H2,1-4H3. The molecule has 0 N–H and O–H groups in total. The van der Waals surface area contributed by atoms with Crippen molar-refractivity contribution in [2.75, 3.05) is 6.61 Å². The van der Waals surface area contributed by atoms with Gasteiger partial charge in [0, 0.05) is 6.42 Å². The number of ether oxygens (including phenoxy) is 1. The van der Waals surface area contributed by atoms with Gasteiger partial charge in [0.2, 0.25) is 0 Å². The zero-order valence-electron chi connectivity index (χ0n) is 21.4. The van der Waals surface area contributed by atoms with Crippen LogP contribution in [0.1, 0.15) is 116 Å². The third-order valence-corrected chi connectivity index (χ3v) is 6.82. The van der Waals surface area contributed by atoms with Crippen LogP contribution >= 0.6 is 0 Å². The van der Waals surface area contributed by atoms with Crippen LogP contribution in [0.4, 0.5) is 0 Å². The van der Waals surface area contributed by atoms with E-state index in [9.17, 15) is 13.2 Å². The second-order valence-corrected chi connectivity index (χ2v) is 11.6. The zero-order valence-corrected chi connectivity index (χ0v) is 22.2. The van der Waals surface area contributed by atoms with Gasteiger partial charge in [-0.3, -0.25) is 8.98 Å². The highest BCUT2D eigenvalue weighted by molar-refractivity contribution is 7.86. The number of esters is 1. The fourth-order valence-corrected chi connectivity index (χ4v) is 4.59. The molecule has 190 valence electrons. The van der Waals surface area contributed by atoms with Crippen molar-refractivity contribution >= 4 is 16.1 Å². The molecule has 0 heterocycles. The Balaban J connectivity index is 1.86. The largest absolute Gasteiger partial charge is 0.460 e. The Kier molecular flexibility index (Phi) is 14.6. The first-order valence-corrected chi connectivity index (χ1v) is 14.2. The van der Waals surface area contributed by atoms with Crippen LogP contribution in [0.2, 0.25) is 0 Å². The smallest absolute Gasteiger partial charge is 0.306 e. The van der Waals surface area contributed by atoms with Crippen LogP contribution in [-0.2, 0) is 23.8 Å². The summed E-state index contributed by atoms with van der Waals surface area (Å²) in [6.45, 7) is 7.90. The number of aryl methyl sites for hydroxylation is 1. The van der Waals surface area contributed by atoms with Gasteiger partial charge in [0.05, 0.1) is 11.5 Å². The second-order valence-electron chi connectivity index (χ2n) is 10.0. The third kappa shape index (κ3) is 16.0. The predicted octanol–water partition coefficient (Wildman–Crippen LogP) is 7.50. The van der Waals surface area contributed by atoms with Gasteiger partial charge in [-0.1, -0.05) is 88.3 Å². The molecule has 0 unspecified atom stereocenters. The normalized spacial score (nSPS) is 12.1. The highest BCUT2D eigenvalue weighted by Crippen LogP contribution is 2.16. The first-order valence-electron chi connectivity index (χ1n) is 12.8. The molecule has 0 aliphatic rings. The van der Waals surface area contributed by atoms with Crippen LogP contribution in [-0.4, -0.2) is 26.6 Å². The van der Waals surface area contributed by atoms with Gasteiger partial charge in [-0.15, -0.1) is 0 Å². The summed E-state index contributed by atoms with van der Waals surface area (Å²) >= 11 is 0. The SMILES string of the molecule is Cc1ccc(S(=O)(=O)OCCCCCCCCCCCCCCCC(=O)OC(C)(C)C)cc1. The third-order valence-electron chi connectivity index (χ3n) is 5.49. The van der Waals surface area contributed by atoms with Gasteiger partial charge >= 0.3 is 5.97 Å². The maximum Gasteiger partial charge on any atom is 0.306 e. The van der Waals surface area contributed by atoms with Gasteiger partial charge in [-0.25, -0.2) is 0 Å². The molecule has 0 spiro atoms. The van der Waals surface area contributed by atoms with Gasteiger partial charge in [-0.2, -0.15) is 8.42 Å². The predicted molar refractivity (Wildman–Crippen MR) is 135 cm³/mol. The molecule has 0 atom stereocenters. The van der Waals surface area contributed by atoms with E-state index in [4.69, 9.17) is 8.92 Å². The summed E-state index contributed by atoms with van der Waals surface area (Å²) in [7, 11) is -3.63. The fourth-order valence-electron chi connectivity index (χ4n) is 3.65. The molecular weight excluding hydrogens is 436 g/mol. The van der Waals surface area contributed by atoms with E-state index in [0.717, 1.165) is 37.7 Å². The minimum absolute atomic E-state index is 0.0812. The summed E-state index contributed by atoms with van der Waals surface area (Å²) in [4.78, 5) is 11.9. The van der Waals surface area contributed by atoms with Gasteiger partial charge in [0.1, 0.15) is 5.60 Å².